The van der Waals surface area contributed by atoms with Gasteiger partial charge in [0.25, 0.3) is 0 Å². The lowest BCUT2D eigenvalue weighted by atomic mass is 10.4. The maximum Gasteiger partial charge on any atom is 0.345 e. The highest BCUT2D eigenvalue weighted by Crippen LogP contribution is 2.18. The van der Waals surface area contributed by atoms with Crippen LogP contribution in [0.1, 0.15) is 14.5 Å². The van der Waals surface area contributed by atoms with Gasteiger partial charge in [-0.2, -0.15) is 5.10 Å². The van der Waals surface area contributed by atoms with Gasteiger partial charge < -0.3 is 5.11 Å². The second-order valence-electron chi connectivity index (χ2n) is 3.22. The van der Waals surface area contributed by atoms with Crippen molar-refractivity contribution in [1.29, 1.82) is 0 Å². The Labute approximate surface area is 99.1 Å². The smallest absolute Gasteiger partial charge is 0.345 e. The molecule has 0 aliphatic heterocycles. The highest BCUT2D eigenvalue weighted by atomic mass is 32.1. The molecule has 0 bridgehead atoms. The molecule has 0 fully saturated rings. The van der Waals surface area contributed by atoms with Crippen molar-refractivity contribution in [2.75, 3.05) is 0 Å². The Morgan fingerprint density at radius 2 is 2.35 bits per heavy atom. The standard InChI is InChI=1S/C9H7N3O4S/c13-9(14)8-2-1-7(17-8)5-11-4-6(3-10-11)12(15)16/h1-4H,5H2,(H,13,14). The molecule has 0 spiro atoms. The Balaban J connectivity index is 2.13. The maximum atomic E-state index is 10.7. The minimum absolute atomic E-state index is 0.0833. The Bertz CT molecular complexity index is 524. The van der Waals surface area contributed by atoms with E-state index in [4.69, 9.17) is 5.11 Å². The largest absolute Gasteiger partial charge is 0.477 e. The van der Waals surface area contributed by atoms with Crippen molar-refractivity contribution in [3.63, 3.8) is 0 Å². The first-order valence-electron chi connectivity index (χ1n) is 4.55. The fourth-order valence-corrected chi connectivity index (χ4v) is 2.11. The maximum absolute atomic E-state index is 10.7. The van der Waals surface area contributed by atoms with Gasteiger partial charge >= 0.3 is 11.7 Å². The van der Waals surface area contributed by atoms with Crippen LogP contribution in [0, 0.1) is 10.1 Å². The van der Waals surface area contributed by atoms with Crippen molar-refractivity contribution in [1.82, 2.24) is 9.78 Å². The van der Waals surface area contributed by atoms with Gasteiger partial charge in [0.15, 0.2) is 0 Å². The molecule has 2 heterocycles. The fourth-order valence-electron chi connectivity index (χ4n) is 1.27. The van der Waals surface area contributed by atoms with E-state index in [9.17, 15) is 14.9 Å². The Morgan fingerprint density at radius 3 is 2.88 bits per heavy atom. The number of carbonyl (C=O) groups is 1. The summed E-state index contributed by atoms with van der Waals surface area (Å²) in [5.41, 5.74) is -0.0833. The van der Waals surface area contributed by atoms with Crippen LogP contribution in [0.5, 0.6) is 0 Å². The van der Waals surface area contributed by atoms with Crippen LogP contribution >= 0.6 is 11.3 Å². The summed E-state index contributed by atoms with van der Waals surface area (Å²) in [4.78, 5) is 21.6. The van der Waals surface area contributed by atoms with Gasteiger partial charge in [-0.1, -0.05) is 0 Å². The molecule has 7 nitrogen and oxygen atoms in total. The molecular weight excluding hydrogens is 246 g/mol. The molecule has 2 rings (SSSR count). The lowest BCUT2D eigenvalue weighted by molar-refractivity contribution is -0.385. The summed E-state index contributed by atoms with van der Waals surface area (Å²) in [5.74, 6) is -0.979. The number of hydrogen-bond acceptors (Lipinski definition) is 5. The second-order valence-corrected chi connectivity index (χ2v) is 4.39. The summed E-state index contributed by atoms with van der Waals surface area (Å²) < 4.78 is 1.40. The van der Waals surface area contributed by atoms with E-state index in [0.717, 1.165) is 22.4 Å². The third kappa shape index (κ3) is 2.48. The van der Waals surface area contributed by atoms with Gasteiger partial charge in [-0.15, -0.1) is 11.3 Å². The average Bonchev–Trinajstić information content (AvgIpc) is 2.87. The number of aromatic carboxylic acids is 1. The molecule has 0 amide bonds. The van der Waals surface area contributed by atoms with Gasteiger partial charge in [-0.05, 0) is 12.1 Å². The highest BCUT2D eigenvalue weighted by Gasteiger charge is 2.11. The first-order valence-corrected chi connectivity index (χ1v) is 5.37. The minimum Gasteiger partial charge on any atom is -0.477 e. The van der Waals surface area contributed by atoms with E-state index in [2.05, 4.69) is 5.10 Å². The molecule has 1 N–H and O–H groups in total. The van der Waals surface area contributed by atoms with Crippen molar-refractivity contribution in [3.05, 3.63) is 44.4 Å². The molecule has 88 valence electrons. The Hall–Kier alpha value is -2.22. The molecule has 17 heavy (non-hydrogen) atoms. The van der Waals surface area contributed by atoms with Gasteiger partial charge in [-0.25, -0.2) is 4.79 Å². The van der Waals surface area contributed by atoms with Crippen LogP contribution in [-0.4, -0.2) is 25.8 Å². The second kappa shape index (κ2) is 4.34. The third-order valence-corrected chi connectivity index (χ3v) is 3.08. The molecule has 0 aromatic carbocycles. The normalized spacial score (nSPS) is 10.4. The van der Waals surface area contributed by atoms with Crippen molar-refractivity contribution < 1.29 is 14.8 Å². The van der Waals surface area contributed by atoms with E-state index >= 15 is 0 Å². The first-order chi connectivity index (χ1) is 8.06. The van der Waals surface area contributed by atoms with Crippen LogP contribution in [0.25, 0.3) is 0 Å². The number of nitro groups is 1. The summed E-state index contributed by atoms with van der Waals surface area (Å²) in [5, 5.41) is 23.0. The van der Waals surface area contributed by atoms with E-state index in [1.165, 1.54) is 16.9 Å². The van der Waals surface area contributed by atoms with Crippen LogP contribution < -0.4 is 0 Å². The zero-order valence-electron chi connectivity index (χ0n) is 8.44. The third-order valence-electron chi connectivity index (χ3n) is 2.02. The predicted octanol–water partition coefficient (Wildman–Crippen LogP) is 1.60. The van der Waals surface area contributed by atoms with Crippen molar-refractivity contribution in [2.45, 2.75) is 6.54 Å². The molecule has 2 aromatic heterocycles. The lowest BCUT2D eigenvalue weighted by Crippen LogP contribution is -1.97. The highest BCUT2D eigenvalue weighted by molar-refractivity contribution is 7.13. The van der Waals surface area contributed by atoms with Gasteiger partial charge in [-0.3, -0.25) is 14.8 Å². The molecule has 8 heteroatoms. The number of carboxylic acids is 1. The number of thiophene rings is 1. The van der Waals surface area contributed by atoms with Crippen LogP contribution in [-0.2, 0) is 6.54 Å². The van der Waals surface area contributed by atoms with Crippen molar-refractivity contribution in [3.8, 4) is 0 Å². The topological polar surface area (TPSA) is 98.3 Å². The Morgan fingerprint density at radius 1 is 1.59 bits per heavy atom. The lowest BCUT2D eigenvalue weighted by Gasteiger charge is -1.95. The monoisotopic (exact) mass is 253 g/mol. The zero-order valence-corrected chi connectivity index (χ0v) is 9.25. The summed E-state index contributed by atoms with van der Waals surface area (Å²) in [6, 6.07) is 3.17. The molecule has 0 saturated heterocycles. The van der Waals surface area contributed by atoms with E-state index in [-0.39, 0.29) is 10.6 Å². The fraction of sp³-hybridized carbons (Fsp3) is 0.111. The van der Waals surface area contributed by atoms with E-state index in [0.29, 0.717) is 6.54 Å². The average molecular weight is 253 g/mol. The van der Waals surface area contributed by atoms with E-state index in [1.807, 2.05) is 0 Å². The quantitative estimate of drug-likeness (QED) is 0.659. The minimum atomic E-state index is -0.979. The molecule has 0 radical (unpaired) electrons. The van der Waals surface area contributed by atoms with Gasteiger partial charge in [0.1, 0.15) is 17.3 Å². The molecule has 0 aliphatic rings. The van der Waals surface area contributed by atoms with Crippen LogP contribution in [0.4, 0.5) is 5.69 Å². The molecule has 0 aliphatic carbocycles. The summed E-state index contributed by atoms with van der Waals surface area (Å²) >= 11 is 1.12. The van der Waals surface area contributed by atoms with E-state index < -0.39 is 10.9 Å². The number of nitrogens with zero attached hydrogens (tertiary/aromatic N) is 3. The number of rotatable bonds is 4. The molecular formula is C9H7N3O4S. The predicted molar refractivity (Wildman–Crippen MR) is 59.3 cm³/mol. The summed E-state index contributed by atoms with van der Waals surface area (Å²) in [7, 11) is 0. The molecule has 0 atom stereocenters. The van der Waals surface area contributed by atoms with Crippen molar-refractivity contribution in [2.24, 2.45) is 0 Å². The zero-order chi connectivity index (χ0) is 12.4. The molecule has 0 unspecified atom stereocenters. The first kappa shape index (κ1) is 11.3. The van der Waals surface area contributed by atoms with Gasteiger partial charge in [0.05, 0.1) is 11.5 Å². The van der Waals surface area contributed by atoms with Crippen LogP contribution in [0.2, 0.25) is 0 Å². The number of carboxylic acid groups (broad SMARTS) is 1. The van der Waals surface area contributed by atoms with Crippen LogP contribution in [0.15, 0.2) is 24.5 Å². The summed E-state index contributed by atoms with van der Waals surface area (Å²) in [6.07, 6.45) is 2.46. The van der Waals surface area contributed by atoms with Gasteiger partial charge in [0.2, 0.25) is 0 Å². The SMILES string of the molecule is O=C(O)c1ccc(Cn2cc([N+](=O)[O-])cn2)s1. The molecule has 0 saturated carbocycles. The van der Waals surface area contributed by atoms with E-state index in [1.54, 1.807) is 6.07 Å². The Kier molecular flexibility index (Phi) is 2.88. The van der Waals surface area contributed by atoms with Gasteiger partial charge in [0, 0.05) is 4.88 Å². The number of hydrogen-bond donors (Lipinski definition) is 1. The van der Waals surface area contributed by atoms with Crippen LogP contribution in [0.3, 0.4) is 0 Å². The van der Waals surface area contributed by atoms with Crippen molar-refractivity contribution >= 4 is 23.0 Å². The molecule has 2 aromatic rings. The summed E-state index contributed by atoms with van der Waals surface area (Å²) in [6.45, 7) is 0.325. The number of aromatic nitrogens is 2.